The summed E-state index contributed by atoms with van der Waals surface area (Å²) >= 11 is 5.66. The third-order valence-corrected chi connectivity index (χ3v) is 5.05. The van der Waals surface area contributed by atoms with E-state index in [2.05, 4.69) is 44.7 Å². The van der Waals surface area contributed by atoms with E-state index in [0.717, 1.165) is 24.1 Å². The molecule has 1 atom stereocenters. The maximum Gasteiger partial charge on any atom is 0.252 e. The maximum absolute atomic E-state index is 11.6. The van der Waals surface area contributed by atoms with Crippen molar-refractivity contribution in [3.05, 3.63) is 65.2 Å². The zero-order valence-electron chi connectivity index (χ0n) is 15.9. The summed E-state index contributed by atoms with van der Waals surface area (Å²) in [5, 5.41) is 9.95. The number of aromatic hydroxyl groups is 1. The summed E-state index contributed by atoms with van der Waals surface area (Å²) in [4.78, 5) is 14.0. The first kappa shape index (κ1) is 20.5. The molecule has 3 nitrogen and oxygen atoms in total. The van der Waals surface area contributed by atoms with E-state index < -0.39 is 5.24 Å². The van der Waals surface area contributed by atoms with E-state index in [9.17, 15) is 9.90 Å². The molecule has 0 aliphatic carbocycles. The van der Waals surface area contributed by atoms with Crippen molar-refractivity contribution in [3.8, 4) is 5.75 Å². The highest BCUT2D eigenvalue weighted by Crippen LogP contribution is 2.35. The Bertz CT molecular complexity index is 720. The quantitative estimate of drug-likeness (QED) is 0.629. The van der Waals surface area contributed by atoms with Gasteiger partial charge in [0, 0.05) is 29.1 Å². The molecule has 1 unspecified atom stereocenters. The standard InChI is InChI=1S/C22H28ClNO2/c1-15(2)24(16(3)4)13-12-19(17-8-6-5-7-9-17)20-14-18(22(23)26)10-11-21(20)25/h5-11,14-16,19,25H,12-13H2,1-4H3. The molecule has 0 heterocycles. The Labute approximate surface area is 161 Å². The van der Waals surface area contributed by atoms with Crippen molar-refractivity contribution in [2.45, 2.75) is 52.1 Å². The molecule has 0 saturated heterocycles. The summed E-state index contributed by atoms with van der Waals surface area (Å²) < 4.78 is 0. The molecule has 4 heteroatoms. The van der Waals surface area contributed by atoms with Crippen LogP contribution in [0.25, 0.3) is 0 Å². The van der Waals surface area contributed by atoms with Crippen LogP contribution in [0.15, 0.2) is 48.5 Å². The zero-order valence-corrected chi connectivity index (χ0v) is 16.7. The first-order chi connectivity index (χ1) is 12.3. The molecule has 140 valence electrons. The summed E-state index contributed by atoms with van der Waals surface area (Å²) in [7, 11) is 0. The number of hydrogen-bond acceptors (Lipinski definition) is 3. The van der Waals surface area contributed by atoms with Gasteiger partial charge in [0.05, 0.1) is 0 Å². The van der Waals surface area contributed by atoms with E-state index in [0.29, 0.717) is 17.6 Å². The molecular weight excluding hydrogens is 346 g/mol. The van der Waals surface area contributed by atoms with Gasteiger partial charge in [0.2, 0.25) is 0 Å². The van der Waals surface area contributed by atoms with E-state index in [1.54, 1.807) is 18.2 Å². The van der Waals surface area contributed by atoms with Crippen LogP contribution in [0.1, 0.15) is 61.5 Å². The minimum absolute atomic E-state index is 0.00725. The van der Waals surface area contributed by atoms with Crippen molar-refractivity contribution in [3.63, 3.8) is 0 Å². The predicted octanol–water partition coefficient (Wildman–Crippen LogP) is 5.41. The summed E-state index contributed by atoms with van der Waals surface area (Å²) in [6, 6.07) is 15.8. The topological polar surface area (TPSA) is 40.5 Å². The molecule has 0 aliphatic heterocycles. The van der Waals surface area contributed by atoms with E-state index in [1.165, 1.54) is 0 Å². The fourth-order valence-electron chi connectivity index (χ4n) is 3.53. The van der Waals surface area contributed by atoms with Gasteiger partial charge in [-0.1, -0.05) is 30.3 Å². The number of benzene rings is 2. The van der Waals surface area contributed by atoms with Crippen molar-refractivity contribution >= 4 is 16.8 Å². The van der Waals surface area contributed by atoms with Crippen LogP contribution < -0.4 is 0 Å². The van der Waals surface area contributed by atoms with Crippen LogP contribution in [0.4, 0.5) is 0 Å². The Kier molecular flexibility index (Phi) is 7.24. The van der Waals surface area contributed by atoms with Crippen LogP contribution in [0.5, 0.6) is 5.75 Å². The number of phenols is 1. The molecule has 0 bridgehead atoms. The van der Waals surface area contributed by atoms with Gasteiger partial charge in [0.1, 0.15) is 5.75 Å². The van der Waals surface area contributed by atoms with E-state index >= 15 is 0 Å². The molecular formula is C22H28ClNO2. The molecule has 0 saturated carbocycles. The Hall–Kier alpha value is -1.84. The predicted molar refractivity (Wildman–Crippen MR) is 108 cm³/mol. The lowest BCUT2D eigenvalue weighted by molar-refractivity contribution is 0.108. The fourth-order valence-corrected chi connectivity index (χ4v) is 3.65. The molecule has 2 rings (SSSR count). The number of nitrogens with zero attached hydrogens (tertiary/aromatic N) is 1. The van der Waals surface area contributed by atoms with E-state index in [-0.39, 0.29) is 11.7 Å². The van der Waals surface area contributed by atoms with Crippen LogP contribution in [0.3, 0.4) is 0 Å². The SMILES string of the molecule is CC(C)N(CCC(c1ccccc1)c1cc(C(=O)Cl)ccc1O)C(C)C. The van der Waals surface area contributed by atoms with Gasteiger partial charge in [-0.3, -0.25) is 9.69 Å². The van der Waals surface area contributed by atoms with Gasteiger partial charge >= 0.3 is 0 Å². The molecule has 0 aromatic heterocycles. The minimum atomic E-state index is -0.510. The highest BCUT2D eigenvalue weighted by atomic mass is 35.5. The van der Waals surface area contributed by atoms with Crippen molar-refractivity contribution < 1.29 is 9.90 Å². The van der Waals surface area contributed by atoms with E-state index in [1.807, 2.05) is 18.2 Å². The Morgan fingerprint density at radius 2 is 1.65 bits per heavy atom. The molecule has 2 aromatic rings. The maximum atomic E-state index is 11.6. The highest BCUT2D eigenvalue weighted by molar-refractivity contribution is 6.67. The summed E-state index contributed by atoms with van der Waals surface area (Å²) in [6.45, 7) is 9.68. The Morgan fingerprint density at radius 3 is 2.19 bits per heavy atom. The van der Waals surface area contributed by atoms with Crippen LogP contribution in [-0.2, 0) is 0 Å². The largest absolute Gasteiger partial charge is 0.508 e. The second-order valence-corrected chi connectivity index (χ2v) is 7.57. The molecule has 0 aliphatic rings. The van der Waals surface area contributed by atoms with Gasteiger partial charge in [-0.2, -0.15) is 0 Å². The number of phenolic OH excluding ortho intramolecular Hbond substituents is 1. The number of rotatable bonds is 8. The Balaban J connectivity index is 2.40. The Morgan fingerprint density at radius 1 is 1.04 bits per heavy atom. The number of halogens is 1. The monoisotopic (exact) mass is 373 g/mol. The third kappa shape index (κ3) is 5.09. The smallest absolute Gasteiger partial charge is 0.252 e. The van der Waals surface area contributed by atoms with Gasteiger partial charge < -0.3 is 5.11 Å². The van der Waals surface area contributed by atoms with Gasteiger partial charge in [0.15, 0.2) is 0 Å². The third-order valence-electron chi connectivity index (χ3n) is 4.83. The molecule has 1 N–H and O–H groups in total. The van der Waals surface area contributed by atoms with Gasteiger partial charge in [-0.15, -0.1) is 0 Å². The van der Waals surface area contributed by atoms with Crippen molar-refractivity contribution in [1.82, 2.24) is 4.90 Å². The normalized spacial score (nSPS) is 12.8. The second kappa shape index (κ2) is 9.20. The van der Waals surface area contributed by atoms with Crippen molar-refractivity contribution in [2.75, 3.05) is 6.54 Å². The number of hydrogen-bond donors (Lipinski definition) is 1. The first-order valence-electron chi connectivity index (χ1n) is 9.14. The summed E-state index contributed by atoms with van der Waals surface area (Å²) in [6.07, 6.45) is 0.841. The van der Waals surface area contributed by atoms with E-state index in [4.69, 9.17) is 11.6 Å². The average Bonchev–Trinajstić information content (AvgIpc) is 2.59. The number of carbonyl (C=O) groups is 1. The number of carbonyl (C=O) groups excluding carboxylic acids is 1. The summed E-state index contributed by atoms with van der Waals surface area (Å²) in [5.74, 6) is 0.188. The lowest BCUT2D eigenvalue weighted by Crippen LogP contribution is -2.38. The average molecular weight is 374 g/mol. The van der Waals surface area contributed by atoms with Crippen LogP contribution >= 0.6 is 11.6 Å². The second-order valence-electron chi connectivity index (χ2n) is 7.22. The van der Waals surface area contributed by atoms with Crippen molar-refractivity contribution in [1.29, 1.82) is 0 Å². The molecule has 26 heavy (non-hydrogen) atoms. The van der Waals surface area contributed by atoms with Crippen molar-refractivity contribution in [2.24, 2.45) is 0 Å². The van der Waals surface area contributed by atoms with Crippen LogP contribution in [0, 0.1) is 0 Å². The molecule has 0 amide bonds. The lowest BCUT2D eigenvalue weighted by atomic mass is 9.86. The zero-order chi connectivity index (χ0) is 19.3. The molecule has 0 radical (unpaired) electrons. The molecule has 0 fully saturated rings. The van der Waals surface area contributed by atoms with Gasteiger partial charge in [-0.05, 0) is 76.0 Å². The summed E-state index contributed by atoms with van der Waals surface area (Å²) in [5.41, 5.74) is 2.27. The highest BCUT2D eigenvalue weighted by Gasteiger charge is 2.22. The first-order valence-corrected chi connectivity index (χ1v) is 9.52. The minimum Gasteiger partial charge on any atom is -0.508 e. The van der Waals surface area contributed by atoms with Crippen LogP contribution in [-0.4, -0.2) is 33.9 Å². The molecule has 2 aromatic carbocycles. The van der Waals surface area contributed by atoms with Gasteiger partial charge in [-0.25, -0.2) is 0 Å². The molecule has 0 spiro atoms. The van der Waals surface area contributed by atoms with Crippen LogP contribution in [0.2, 0.25) is 0 Å². The lowest BCUT2D eigenvalue weighted by Gasteiger charge is -2.32. The van der Waals surface area contributed by atoms with Gasteiger partial charge in [0.25, 0.3) is 5.24 Å². The fraction of sp³-hybridized carbons (Fsp3) is 0.409.